The highest BCUT2D eigenvalue weighted by Crippen LogP contribution is 2.08. The maximum Gasteiger partial charge on any atom is 0.271 e. The van der Waals surface area contributed by atoms with E-state index in [1.165, 1.54) is 12.8 Å². The van der Waals surface area contributed by atoms with Crippen molar-refractivity contribution in [1.82, 2.24) is 20.8 Å². The number of hydrogen-bond acceptors (Lipinski definition) is 3. The summed E-state index contributed by atoms with van der Waals surface area (Å²) in [5, 5.41) is 13.1. The van der Waals surface area contributed by atoms with E-state index in [2.05, 4.69) is 20.8 Å². The molecule has 0 bridgehead atoms. The molecule has 1 amide bonds. The minimum absolute atomic E-state index is 0. The zero-order chi connectivity index (χ0) is 12.1. The first-order chi connectivity index (χ1) is 8.29. The van der Waals surface area contributed by atoms with E-state index >= 15 is 0 Å². The Balaban J connectivity index is 0.00000162. The van der Waals surface area contributed by atoms with E-state index in [-0.39, 0.29) is 18.3 Å². The molecule has 0 saturated carbocycles. The van der Waals surface area contributed by atoms with Crippen molar-refractivity contribution in [2.75, 3.05) is 19.6 Å². The molecular weight excluding hydrogens is 252 g/mol. The fourth-order valence-corrected chi connectivity index (χ4v) is 2.08. The van der Waals surface area contributed by atoms with Gasteiger partial charge in [0.25, 0.3) is 5.91 Å². The summed E-state index contributed by atoms with van der Waals surface area (Å²) in [5.74, 6) is 0.476. The Morgan fingerprint density at radius 1 is 1.61 bits per heavy atom. The number of piperidine rings is 1. The van der Waals surface area contributed by atoms with Gasteiger partial charge in [-0.1, -0.05) is 6.92 Å². The Hall–Kier alpha value is -1.07. The highest BCUT2D eigenvalue weighted by atomic mass is 35.5. The van der Waals surface area contributed by atoms with E-state index in [0.29, 0.717) is 11.6 Å². The third-order valence-corrected chi connectivity index (χ3v) is 3.19. The Labute approximate surface area is 114 Å². The molecule has 2 rings (SSSR count). The SMILES string of the molecule is CCc1cc(C(=O)NCC2CCCNC2)n[nH]1.Cl. The maximum atomic E-state index is 11.8. The van der Waals surface area contributed by atoms with Crippen molar-refractivity contribution in [3.8, 4) is 0 Å². The van der Waals surface area contributed by atoms with Crippen LogP contribution in [-0.2, 0) is 6.42 Å². The molecule has 3 N–H and O–H groups in total. The summed E-state index contributed by atoms with van der Waals surface area (Å²) < 4.78 is 0. The number of hydrogen-bond donors (Lipinski definition) is 3. The van der Waals surface area contributed by atoms with E-state index < -0.39 is 0 Å². The van der Waals surface area contributed by atoms with E-state index in [1.807, 2.05) is 13.0 Å². The van der Waals surface area contributed by atoms with E-state index in [0.717, 1.165) is 31.7 Å². The molecule has 6 heteroatoms. The van der Waals surface area contributed by atoms with Crippen LogP contribution < -0.4 is 10.6 Å². The first-order valence-corrected chi connectivity index (χ1v) is 6.32. The Morgan fingerprint density at radius 2 is 2.44 bits per heavy atom. The Morgan fingerprint density at radius 3 is 3.06 bits per heavy atom. The molecule has 1 aromatic heterocycles. The average Bonchev–Trinajstić information content (AvgIpc) is 2.86. The molecule has 1 aliphatic heterocycles. The van der Waals surface area contributed by atoms with Crippen molar-refractivity contribution in [2.45, 2.75) is 26.2 Å². The van der Waals surface area contributed by atoms with Gasteiger partial charge in [0.15, 0.2) is 0 Å². The number of carbonyl (C=O) groups is 1. The summed E-state index contributed by atoms with van der Waals surface area (Å²) in [7, 11) is 0. The van der Waals surface area contributed by atoms with Crippen molar-refractivity contribution >= 4 is 18.3 Å². The fourth-order valence-electron chi connectivity index (χ4n) is 2.08. The van der Waals surface area contributed by atoms with Gasteiger partial charge in [0.2, 0.25) is 0 Å². The molecule has 1 aliphatic rings. The molecule has 1 fully saturated rings. The molecular formula is C12H21ClN4O. The van der Waals surface area contributed by atoms with Crippen molar-refractivity contribution in [1.29, 1.82) is 0 Å². The average molecular weight is 273 g/mol. The van der Waals surface area contributed by atoms with Gasteiger partial charge in [0.05, 0.1) is 0 Å². The lowest BCUT2D eigenvalue weighted by Crippen LogP contribution is -2.38. The van der Waals surface area contributed by atoms with Crippen LogP contribution in [0.5, 0.6) is 0 Å². The van der Waals surface area contributed by atoms with Gasteiger partial charge >= 0.3 is 0 Å². The number of amides is 1. The standard InChI is InChI=1S/C12H20N4O.ClH/c1-2-10-6-11(16-15-10)12(17)14-8-9-4-3-5-13-7-9;/h6,9,13H,2-5,7-8H2,1H3,(H,14,17)(H,15,16);1H. The lowest BCUT2D eigenvalue weighted by Gasteiger charge is -2.22. The van der Waals surface area contributed by atoms with Gasteiger partial charge in [-0.25, -0.2) is 0 Å². The van der Waals surface area contributed by atoms with Gasteiger partial charge < -0.3 is 10.6 Å². The number of nitrogens with one attached hydrogen (secondary N) is 3. The van der Waals surface area contributed by atoms with Crippen LogP contribution in [0.2, 0.25) is 0 Å². The predicted molar refractivity (Wildman–Crippen MR) is 73.1 cm³/mol. The molecule has 1 unspecified atom stereocenters. The van der Waals surface area contributed by atoms with Gasteiger partial charge in [-0.15, -0.1) is 12.4 Å². The van der Waals surface area contributed by atoms with Gasteiger partial charge in [-0.05, 0) is 44.3 Å². The summed E-state index contributed by atoms with van der Waals surface area (Å²) in [5.41, 5.74) is 1.49. The second kappa shape index (κ2) is 7.38. The number of carbonyl (C=O) groups excluding carboxylic acids is 1. The van der Waals surface area contributed by atoms with Crippen LogP contribution in [0, 0.1) is 5.92 Å². The lowest BCUT2D eigenvalue weighted by molar-refractivity contribution is 0.0940. The molecule has 0 radical (unpaired) electrons. The summed E-state index contributed by atoms with van der Waals surface area (Å²) >= 11 is 0. The maximum absolute atomic E-state index is 11.8. The van der Waals surface area contributed by atoms with Crippen LogP contribution in [-0.4, -0.2) is 35.7 Å². The quantitative estimate of drug-likeness (QED) is 0.769. The molecule has 18 heavy (non-hydrogen) atoms. The molecule has 1 saturated heterocycles. The van der Waals surface area contributed by atoms with Gasteiger partial charge in [-0.2, -0.15) is 5.10 Å². The summed E-state index contributed by atoms with van der Waals surface area (Å²) in [6.45, 7) is 4.87. The highest BCUT2D eigenvalue weighted by Gasteiger charge is 2.15. The van der Waals surface area contributed by atoms with Crippen LogP contribution in [0.1, 0.15) is 35.9 Å². The number of nitrogens with zero attached hydrogens (tertiary/aromatic N) is 1. The molecule has 1 atom stereocenters. The molecule has 0 aliphatic carbocycles. The second-order valence-electron chi connectivity index (χ2n) is 4.55. The van der Waals surface area contributed by atoms with Crippen LogP contribution >= 0.6 is 12.4 Å². The van der Waals surface area contributed by atoms with Crippen molar-refractivity contribution < 1.29 is 4.79 Å². The molecule has 5 nitrogen and oxygen atoms in total. The van der Waals surface area contributed by atoms with Crippen LogP contribution in [0.4, 0.5) is 0 Å². The second-order valence-corrected chi connectivity index (χ2v) is 4.55. The number of halogens is 1. The van der Waals surface area contributed by atoms with E-state index in [9.17, 15) is 4.79 Å². The molecule has 102 valence electrons. The topological polar surface area (TPSA) is 69.8 Å². The smallest absolute Gasteiger partial charge is 0.271 e. The predicted octanol–water partition coefficient (Wildman–Crippen LogP) is 1.12. The van der Waals surface area contributed by atoms with Crippen LogP contribution in [0.25, 0.3) is 0 Å². The summed E-state index contributed by atoms with van der Waals surface area (Å²) in [4.78, 5) is 11.8. The van der Waals surface area contributed by atoms with Gasteiger partial charge in [0.1, 0.15) is 5.69 Å². The third kappa shape index (κ3) is 3.99. The zero-order valence-electron chi connectivity index (χ0n) is 10.7. The number of H-pyrrole nitrogens is 1. The van der Waals surface area contributed by atoms with Crippen molar-refractivity contribution in [2.24, 2.45) is 5.92 Å². The summed E-state index contributed by atoms with van der Waals surface area (Å²) in [6, 6.07) is 1.81. The highest BCUT2D eigenvalue weighted by molar-refractivity contribution is 5.92. The van der Waals surface area contributed by atoms with Gasteiger partial charge in [-0.3, -0.25) is 9.89 Å². The fraction of sp³-hybridized carbons (Fsp3) is 0.667. The van der Waals surface area contributed by atoms with E-state index in [1.54, 1.807) is 0 Å². The minimum atomic E-state index is -0.0773. The molecule has 2 heterocycles. The number of aryl methyl sites for hydroxylation is 1. The molecule has 0 spiro atoms. The lowest BCUT2D eigenvalue weighted by atomic mass is 10.00. The summed E-state index contributed by atoms with van der Waals surface area (Å²) in [6.07, 6.45) is 3.25. The van der Waals surface area contributed by atoms with E-state index in [4.69, 9.17) is 0 Å². The number of rotatable bonds is 4. The molecule has 1 aromatic rings. The molecule has 0 aromatic carbocycles. The largest absolute Gasteiger partial charge is 0.350 e. The monoisotopic (exact) mass is 272 g/mol. The van der Waals surface area contributed by atoms with Crippen LogP contribution in [0.3, 0.4) is 0 Å². The van der Waals surface area contributed by atoms with Gasteiger partial charge in [0, 0.05) is 12.2 Å². The zero-order valence-corrected chi connectivity index (χ0v) is 11.5. The first-order valence-electron chi connectivity index (χ1n) is 6.32. The van der Waals surface area contributed by atoms with Crippen molar-refractivity contribution in [3.63, 3.8) is 0 Å². The number of aromatic amines is 1. The number of aromatic nitrogens is 2. The van der Waals surface area contributed by atoms with Crippen molar-refractivity contribution in [3.05, 3.63) is 17.5 Å². The first kappa shape index (κ1) is 15.0. The van der Waals surface area contributed by atoms with Crippen LogP contribution in [0.15, 0.2) is 6.07 Å². The Kier molecular flexibility index (Phi) is 6.15. The minimum Gasteiger partial charge on any atom is -0.350 e. The third-order valence-electron chi connectivity index (χ3n) is 3.19. The Bertz CT molecular complexity index is 374. The normalized spacial score (nSPS) is 19.1.